The number of benzene rings is 1. The molecule has 2 heterocycles. The number of rotatable bonds is 3. The standard InChI is InChI=1S/C12H13NO6S/c14-12(15)9-2-1-5-13(9)20(16,17)8-3-4-10-11(6-8)19-7-18-10/h3-4,6,9H,1-2,5,7H2,(H,14,15). The molecule has 7 nitrogen and oxygen atoms in total. The lowest BCUT2D eigenvalue weighted by molar-refractivity contribution is -0.140. The van der Waals surface area contributed by atoms with E-state index in [2.05, 4.69) is 0 Å². The molecule has 1 N–H and O–H groups in total. The fourth-order valence-corrected chi connectivity index (χ4v) is 4.11. The molecule has 20 heavy (non-hydrogen) atoms. The first kappa shape index (κ1) is 13.2. The zero-order chi connectivity index (χ0) is 14.3. The molecule has 2 aliphatic rings. The van der Waals surface area contributed by atoms with E-state index in [1.54, 1.807) is 0 Å². The van der Waals surface area contributed by atoms with Gasteiger partial charge in [0.05, 0.1) is 4.90 Å². The van der Waals surface area contributed by atoms with Crippen molar-refractivity contribution in [3.63, 3.8) is 0 Å². The first-order valence-electron chi connectivity index (χ1n) is 6.14. The van der Waals surface area contributed by atoms with Crippen molar-refractivity contribution in [2.24, 2.45) is 0 Å². The smallest absolute Gasteiger partial charge is 0.322 e. The summed E-state index contributed by atoms with van der Waals surface area (Å²) in [6.45, 7) is 0.272. The summed E-state index contributed by atoms with van der Waals surface area (Å²) >= 11 is 0. The highest BCUT2D eigenvalue weighted by molar-refractivity contribution is 7.89. The number of ether oxygens (including phenoxy) is 2. The van der Waals surface area contributed by atoms with Crippen LogP contribution in [0.25, 0.3) is 0 Å². The monoisotopic (exact) mass is 299 g/mol. The van der Waals surface area contributed by atoms with Crippen LogP contribution in [0.2, 0.25) is 0 Å². The summed E-state index contributed by atoms with van der Waals surface area (Å²) in [4.78, 5) is 11.1. The van der Waals surface area contributed by atoms with E-state index in [0.717, 1.165) is 4.31 Å². The third-order valence-electron chi connectivity index (χ3n) is 3.44. The zero-order valence-electron chi connectivity index (χ0n) is 10.5. The van der Waals surface area contributed by atoms with Crippen LogP contribution in [0.15, 0.2) is 23.1 Å². The van der Waals surface area contributed by atoms with Gasteiger partial charge >= 0.3 is 5.97 Å². The van der Waals surface area contributed by atoms with Crippen LogP contribution in [0.1, 0.15) is 12.8 Å². The predicted octanol–water partition coefficient (Wildman–Crippen LogP) is 0.653. The lowest BCUT2D eigenvalue weighted by Crippen LogP contribution is -2.40. The molecule has 0 spiro atoms. The number of carboxylic acid groups (broad SMARTS) is 1. The van der Waals surface area contributed by atoms with Crippen LogP contribution >= 0.6 is 0 Å². The maximum Gasteiger partial charge on any atom is 0.322 e. The van der Waals surface area contributed by atoms with E-state index in [1.807, 2.05) is 0 Å². The Balaban J connectivity index is 1.97. The van der Waals surface area contributed by atoms with Gasteiger partial charge in [0.1, 0.15) is 6.04 Å². The highest BCUT2D eigenvalue weighted by Crippen LogP contribution is 2.35. The average Bonchev–Trinajstić information content (AvgIpc) is 3.06. The minimum atomic E-state index is -3.84. The summed E-state index contributed by atoms with van der Waals surface area (Å²) in [6, 6.07) is 3.29. The van der Waals surface area contributed by atoms with Crippen molar-refractivity contribution in [1.29, 1.82) is 0 Å². The topological polar surface area (TPSA) is 93.1 Å². The Morgan fingerprint density at radius 2 is 2.05 bits per heavy atom. The van der Waals surface area contributed by atoms with Crippen molar-refractivity contribution in [2.45, 2.75) is 23.8 Å². The molecule has 108 valence electrons. The van der Waals surface area contributed by atoms with Gasteiger partial charge in [0, 0.05) is 12.6 Å². The predicted molar refractivity (Wildman–Crippen MR) is 67.1 cm³/mol. The molecule has 2 aliphatic heterocycles. The summed E-state index contributed by atoms with van der Waals surface area (Å²) in [6.07, 6.45) is 0.875. The van der Waals surface area contributed by atoms with Crippen LogP contribution in [0.4, 0.5) is 0 Å². The van der Waals surface area contributed by atoms with E-state index in [4.69, 9.17) is 14.6 Å². The summed E-state index contributed by atoms with van der Waals surface area (Å²) in [7, 11) is -3.84. The molecule has 1 atom stereocenters. The number of fused-ring (bicyclic) bond motifs is 1. The molecule has 1 fully saturated rings. The molecule has 0 aliphatic carbocycles. The second-order valence-electron chi connectivity index (χ2n) is 4.63. The minimum absolute atomic E-state index is 0.0231. The fourth-order valence-electron chi connectivity index (χ4n) is 2.45. The molecule has 0 aromatic heterocycles. The summed E-state index contributed by atoms with van der Waals surface area (Å²) < 4.78 is 36.3. The zero-order valence-corrected chi connectivity index (χ0v) is 11.3. The molecule has 1 aromatic carbocycles. The van der Waals surface area contributed by atoms with Crippen molar-refractivity contribution >= 4 is 16.0 Å². The van der Waals surface area contributed by atoms with Gasteiger partial charge in [0.15, 0.2) is 11.5 Å². The SMILES string of the molecule is O=C(O)C1CCCN1S(=O)(=O)c1ccc2c(c1)OCO2. The quantitative estimate of drug-likeness (QED) is 0.881. The number of carbonyl (C=O) groups is 1. The lowest BCUT2D eigenvalue weighted by atomic mass is 10.2. The Hall–Kier alpha value is -1.80. The summed E-state index contributed by atoms with van der Waals surface area (Å²) in [5, 5.41) is 9.10. The van der Waals surface area contributed by atoms with Gasteiger partial charge in [-0.15, -0.1) is 0 Å². The Bertz CT molecular complexity index is 656. The van der Waals surface area contributed by atoms with Gasteiger partial charge in [-0.3, -0.25) is 4.79 Å². The molecule has 1 unspecified atom stereocenters. The Kier molecular flexibility index (Phi) is 3.06. The van der Waals surface area contributed by atoms with E-state index >= 15 is 0 Å². The maximum atomic E-state index is 12.5. The summed E-state index contributed by atoms with van der Waals surface area (Å²) in [5.74, 6) is -0.274. The van der Waals surface area contributed by atoms with Crippen molar-refractivity contribution in [1.82, 2.24) is 4.31 Å². The van der Waals surface area contributed by atoms with Gasteiger partial charge in [-0.2, -0.15) is 4.31 Å². The van der Waals surface area contributed by atoms with E-state index in [9.17, 15) is 13.2 Å². The molecular weight excluding hydrogens is 286 g/mol. The van der Waals surface area contributed by atoms with Crippen molar-refractivity contribution < 1.29 is 27.8 Å². The van der Waals surface area contributed by atoms with Crippen molar-refractivity contribution in [3.8, 4) is 11.5 Å². The number of carboxylic acids is 1. The van der Waals surface area contributed by atoms with Gasteiger partial charge in [0.25, 0.3) is 0 Å². The largest absolute Gasteiger partial charge is 0.480 e. The Morgan fingerprint density at radius 3 is 2.80 bits per heavy atom. The first-order chi connectivity index (χ1) is 9.50. The van der Waals surface area contributed by atoms with E-state index in [1.165, 1.54) is 18.2 Å². The second-order valence-corrected chi connectivity index (χ2v) is 6.52. The molecule has 0 saturated carbocycles. The molecule has 0 bridgehead atoms. The third-order valence-corrected chi connectivity index (χ3v) is 5.34. The van der Waals surface area contributed by atoms with Crippen molar-refractivity contribution in [3.05, 3.63) is 18.2 Å². The molecular formula is C12H13NO6S. The van der Waals surface area contributed by atoms with Crippen LogP contribution in [-0.4, -0.2) is 43.2 Å². The molecule has 1 aromatic rings. The number of hydrogen-bond acceptors (Lipinski definition) is 5. The van der Waals surface area contributed by atoms with Gasteiger partial charge < -0.3 is 14.6 Å². The Morgan fingerprint density at radius 1 is 1.30 bits per heavy atom. The number of sulfonamides is 1. The van der Waals surface area contributed by atoms with Gasteiger partial charge in [-0.25, -0.2) is 8.42 Å². The Labute approximate surface area is 115 Å². The van der Waals surface area contributed by atoms with E-state index in [0.29, 0.717) is 24.3 Å². The molecule has 8 heteroatoms. The van der Waals surface area contributed by atoms with Crippen LogP contribution < -0.4 is 9.47 Å². The molecule has 1 saturated heterocycles. The highest BCUT2D eigenvalue weighted by atomic mass is 32.2. The first-order valence-corrected chi connectivity index (χ1v) is 7.58. The second kappa shape index (κ2) is 4.64. The number of aliphatic carboxylic acids is 1. The van der Waals surface area contributed by atoms with E-state index < -0.39 is 22.0 Å². The number of nitrogens with zero attached hydrogens (tertiary/aromatic N) is 1. The van der Waals surface area contributed by atoms with Gasteiger partial charge in [-0.1, -0.05) is 0 Å². The van der Waals surface area contributed by atoms with Crippen LogP contribution in [0, 0.1) is 0 Å². The molecule has 3 rings (SSSR count). The third kappa shape index (κ3) is 2.01. The normalized spacial score (nSPS) is 22.1. The van der Waals surface area contributed by atoms with Crippen LogP contribution in [0.3, 0.4) is 0 Å². The van der Waals surface area contributed by atoms with E-state index in [-0.39, 0.29) is 18.2 Å². The van der Waals surface area contributed by atoms with Gasteiger partial charge in [-0.05, 0) is 25.0 Å². The van der Waals surface area contributed by atoms with Gasteiger partial charge in [0.2, 0.25) is 16.8 Å². The summed E-state index contributed by atoms with van der Waals surface area (Å²) in [5.41, 5.74) is 0. The fraction of sp³-hybridized carbons (Fsp3) is 0.417. The highest BCUT2D eigenvalue weighted by Gasteiger charge is 2.39. The molecule has 0 amide bonds. The average molecular weight is 299 g/mol. The maximum absolute atomic E-state index is 12.5. The van der Waals surface area contributed by atoms with Crippen LogP contribution in [0.5, 0.6) is 11.5 Å². The van der Waals surface area contributed by atoms with Crippen molar-refractivity contribution in [2.75, 3.05) is 13.3 Å². The van der Waals surface area contributed by atoms with Crippen LogP contribution in [-0.2, 0) is 14.8 Å². The molecule has 0 radical (unpaired) electrons. The number of hydrogen-bond donors (Lipinski definition) is 1. The lowest BCUT2D eigenvalue weighted by Gasteiger charge is -2.21. The minimum Gasteiger partial charge on any atom is -0.480 e.